The molecule has 2 aliphatic rings. The summed E-state index contributed by atoms with van der Waals surface area (Å²) in [5.41, 5.74) is 4.89. The number of nitrogens with one attached hydrogen (secondary N) is 1. The SMILES string of the molecule is CCC1NC(C(=O)O)CC12CCN(c1cc(O[C@H](c3ccc(-c4ccc(Cl)c(C(F)(F)F)c4)cc3-n3ccc(C)n3)C(F)(F)F)nc(N)n1)CC2. The summed E-state index contributed by atoms with van der Waals surface area (Å²) in [6.45, 7) is 4.54. The fourth-order valence-electron chi connectivity index (χ4n) is 7.17. The molecule has 17 heteroatoms. The van der Waals surface area contributed by atoms with Gasteiger partial charge < -0.3 is 25.8 Å². The molecule has 3 atom stereocenters. The summed E-state index contributed by atoms with van der Waals surface area (Å²) in [4.78, 5) is 21.8. The number of carbonyl (C=O) groups is 1. The lowest BCUT2D eigenvalue weighted by atomic mass is 9.71. The van der Waals surface area contributed by atoms with E-state index in [0.717, 1.165) is 24.6 Å². The number of rotatable bonds is 8. The minimum atomic E-state index is -5.00. The van der Waals surface area contributed by atoms with E-state index < -0.39 is 46.9 Å². The van der Waals surface area contributed by atoms with Crippen molar-refractivity contribution in [3.05, 3.63) is 76.6 Å². The smallest absolute Gasteiger partial charge is 0.429 e. The highest BCUT2D eigenvalue weighted by Crippen LogP contribution is 2.46. The van der Waals surface area contributed by atoms with Crippen molar-refractivity contribution in [3.8, 4) is 22.7 Å². The van der Waals surface area contributed by atoms with Crippen molar-refractivity contribution in [1.82, 2.24) is 25.1 Å². The number of aliphatic carboxylic acids is 1. The number of carboxylic acids is 1. The largest absolute Gasteiger partial charge is 0.480 e. The first-order chi connectivity index (χ1) is 24.0. The number of hydrogen-bond acceptors (Lipinski definition) is 8. The van der Waals surface area contributed by atoms with Gasteiger partial charge in [0.1, 0.15) is 11.9 Å². The van der Waals surface area contributed by atoms with Gasteiger partial charge in [0.2, 0.25) is 17.9 Å². The Morgan fingerprint density at radius 2 is 1.76 bits per heavy atom. The molecule has 0 saturated carbocycles. The molecule has 4 N–H and O–H groups in total. The lowest BCUT2D eigenvalue weighted by Gasteiger charge is -2.43. The van der Waals surface area contributed by atoms with Gasteiger partial charge in [-0.3, -0.25) is 4.79 Å². The minimum Gasteiger partial charge on any atom is -0.480 e. The topological polar surface area (TPSA) is 131 Å². The molecule has 2 saturated heterocycles. The lowest BCUT2D eigenvalue weighted by Crippen LogP contribution is -2.46. The molecule has 2 aromatic carbocycles. The Morgan fingerprint density at radius 1 is 1.08 bits per heavy atom. The zero-order chi connectivity index (χ0) is 36.9. The van der Waals surface area contributed by atoms with Gasteiger partial charge in [-0.25, -0.2) is 4.68 Å². The maximum absolute atomic E-state index is 14.9. The fraction of sp³-hybridized carbons (Fsp3) is 0.412. The summed E-state index contributed by atoms with van der Waals surface area (Å²) in [5.74, 6) is -1.41. The minimum absolute atomic E-state index is 0.00759. The molecule has 2 unspecified atom stereocenters. The quantitative estimate of drug-likeness (QED) is 0.159. The predicted molar refractivity (Wildman–Crippen MR) is 177 cm³/mol. The van der Waals surface area contributed by atoms with Gasteiger partial charge in [-0.1, -0.05) is 36.7 Å². The van der Waals surface area contributed by atoms with Crippen molar-refractivity contribution < 1.29 is 41.0 Å². The van der Waals surface area contributed by atoms with Crippen molar-refractivity contribution >= 4 is 29.3 Å². The summed E-state index contributed by atoms with van der Waals surface area (Å²) in [7, 11) is 0. The second-order valence-electron chi connectivity index (χ2n) is 12.9. The number of alkyl halides is 6. The van der Waals surface area contributed by atoms with Gasteiger partial charge in [0, 0.05) is 37.0 Å². The molecular weight excluding hydrogens is 704 g/mol. The van der Waals surface area contributed by atoms with Crippen LogP contribution >= 0.6 is 11.6 Å². The third-order valence-electron chi connectivity index (χ3n) is 9.67. The molecular formula is C34H34ClF6N7O3. The molecule has 51 heavy (non-hydrogen) atoms. The maximum Gasteiger partial charge on any atom is 0.429 e. The zero-order valence-corrected chi connectivity index (χ0v) is 28.1. The van der Waals surface area contributed by atoms with Crippen LogP contribution in [-0.2, 0) is 11.0 Å². The van der Waals surface area contributed by atoms with Crippen LogP contribution in [0.5, 0.6) is 5.88 Å². The Hall–Kier alpha value is -4.57. The number of benzene rings is 2. The van der Waals surface area contributed by atoms with Crippen LogP contribution in [0.4, 0.5) is 38.1 Å². The third-order valence-corrected chi connectivity index (χ3v) is 10.0. The lowest BCUT2D eigenvalue weighted by molar-refractivity contribution is -0.198. The average molecular weight is 738 g/mol. The third kappa shape index (κ3) is 7.42. The number of piperidine rings is 1. The number of carboxylic acid groups (broad SMARTS) is 1. The fourth-order valence-corrected chi connectivity index (χ4v) is 7.39. The molecule has 272 valence electrons. The molecule has 0 aliphatic carbocycles. The Labute approximate surface area is 293 Å². The van der Waals surface area contributed by atoms with E-state index in [-0.39, 0.29) is 45.6 Å². The maximum atomic E-state index is 14.9. The van der Waals surface area contributed by atoms with Crippen LogP contribution in [0, 0.1) is 12.3 Å². The number of nitrogen functional groups attached to an aromatic ring is 1. The first-order valence-corrected chi connectivity index (χ1v) is 16.5. The normalized spacial score (nSPS) is 19.7. The number of aryl methyl sites for hydroxylation is 1. The zero-order valence-electron chi connectivity index (χ0n) is 27.4. The van der Waals surface area contributed by atoms with Gasteiger partial charge in [-0.15, -0.1) is 0 Å². The van der Waals surface area contributed by atoms with Crippen molar-refractivity contribution in [1.29, 1.82) is 0 Å². The monoisotopic (exact) mass is 737 g/mol. The van der Waals surface area contributed by atoms with E-state index in [1.165, 1.54) is 35.1 Å². The standard InChI is InChI=1S/C34H34ClF6N7O3/c1-3-26-32(17-24(43-26)30(49)50)9-12-47(13-10-32)27-16-28(45-31(42)44-27)51-29(34(39,40)41)21-6-4-20(15-25(21)48-11-8-18(2)46-48)19-5-7-23(35)22(14-19)33(36,37)38/h4-8,11,14-16,24,26,29,43H,3,9-10,12-13,17H2,1-2H3,(H,49,50)(H2,42,44,45)/t24?,26?,29-/m1/s1. The Balaban J connectivity index is 1.32. The van der Waals surface area contributed by atoms with E-state index in [2.05, 4.69) is 20.4 Å². The number of anilines is 2. The first-order valence-electron chi connectivity index (χ1n) is 16.1. The molecule has 0 amide bonds. The predicted octanol–water partition coefficient (Wildman–Crippen LogP) is 7.39. The van der Waals surface area contributed by atoms with Crippen LogP contribution in [0.15, 0.2) is 54.7 Å². The summed E-state index contributed by atoms with van der Waals surface area (Å²) >= 11 is 5.80. The van der Waals surface area contributed by atoms with Gasteiger partial charge in [0.05, 0.1) is 22.0 Å². The molecule has 6 rings (SSSR count). The number of halogens is 7. The van der Waals surface area contributed by atoms with Crippen LogP contribution in [0.25, 0.3) is 16.8 Å². The van der Waals surface area contributed by atoms with Crippen molar-refractivity contribution in [2.24, 2.45) is 5.41 Å². The van der Waals surface area contributed by atoms with Gasteiger partial charge >= 0.3 is 18.3 Å². The van der Waals surface area contributed by atoms with Crippen molar-refractivity contribution in [2.45, 2.75) is 70.1 Å². The number of aromatic nitrogens is 4. The summed E-state index contributed by atoms with van der Waals surface area (Å²) in [6, 6.07) is 9.13. The molecule has 4 heterocycles. The second kappa shape index (κ2) is 13.5. The number of nitrogens with two attached hydrogens (primary N) is 1. The van der Waals surface area contributed by atoms with E-state index in [9.17, 15) is 36.2 Å². The van der Waals surface area contributed by atoms with Crippen LogP contribution in [0.2, 0.25) is 5.02 Å². The van der Waals surface area contributed by atoms with E-state index in [1.54, 1.807) is 13.0 Å². The van der Waals surface area contributed by atoms with E-state index in [4.69, 9.17) is 22.1 Å². The van der Waals surface area contributed by atoms with Gasteiger partial charge in [-0.05, 0) is 73.4 Å². The molecule has 0 bridgehead atoms. The van der Waals surface area contributed by atoms with Crippen molar-refractivity contribution in [3.63, 3.8) is 0 Å². The van der Waals surface area contributed by atoms with E-state index >= 15 is 0 Å². The Morgan fingerprint density at radius 3 is 2.37 bits per heavy atom. The highest BCUT2D eigenvalue weighted by Gasteiger charge is 2.50. The molecule has 2 fully saturated rings. The molecule has 2 aliphatic heterocycles. The highest BCUT2D eigenvalue weighted by atomic mass is 35.5. The first kappa shape index (κ1) is 36.2. The van der Waals surface area contributed by atoms with E-state index in [0.29, 0.717) is 38.0 Å². The summed E-state index contributed by atoms with van der Waals surface area (Å²) < 4.78 is 92.4. The number of nitrogens with zero attached hydrogens (tertiary/aromatic N) is 5. The van der Waals surface area contributed by atoms with Crippen LogP contribution < -0.4 is 20.7 Å². The molecule has 2 aromatic heterocycles. The molecule has 10 nitrogen and oxygen atoms in total. The molecule has 4 aromatic rings. The van der Waals surface area contributed by atoms with Crippen LogP contribution in [0.3, 0.4) is 0 Å². The van der Waals surface area contributed by atoms with Crippen LogP contribution in [-0.4, -0.2) is 62.2 Å². The van der Waals surface area contributed by atoms with E-state index in [1.807, 2.05) is 11.8 Å². The highest BCUT2D eigenvalue weighted by molar-refractivity contribution is 6.31. The van der Waals surface area contributed by atoms with Gasteiger partial charge in [0.15, 0.2) is 0 Å². The molecule has 1 spiro atoms. The number of ether oxygens (including phenoxy) is 1. The van der Waals surface area contributed by atoms with Gasteiger partial charge in [-0.2, -0.15) is 41.4 Å². The number of hydrogen-bond donors (Lipinski definition) is 3. The Bertz CT molecular complexity index is 1930. The average Bonchev–Trinajstić information content (AvgIpc) is 3.66. The van der Waals surface area contributed by atoms with Crippen molar-refractivity contribution in [2.75, 3.05) is 23.7 Å². The van der Waals surface area contributed by atoms with Gasteiger partial charge in [0.25, 0.3) is 0 Å². The second-order valence-corrected chi connectivity index (χ2v) is 13.3. The summed E-state index contributed by atoms with van der Waals surface area (Å²) in [5, 5.41) is 16.6. The Kier molecular flexibility index (Phi) is 9.61. The summed E-state index contributed by atoms with van der Waals surface area (Å²) in [6.07, 6.45) is -8.44. The molecule has 0 radical (unpaired) electrons. The van der Waals surface area contributed by atoms with Crippen LogP contribution in [0.1, 0.15) is 55.5 Å².